The van der Waals surface area contributed by atoms with Crippen LogP contribution in [0.1, 0.15) is 23.2 Å². The third-order valence-electron chi connectivity index (χ3n) is 7.91. The molecule has 0 bridgehead atoms. The molecule has 0 saturated carbocycles. The van der Waals surface area contributed by atoms with Crippen molar-refractivity contribution in [2.24, 2.45) is 9.98 Å². The zero-order chi connectivity index (χ0) is 31.2. The number of nitrogens with zero attached hydrogens (tertiary/aromatic N) is 2. The van der Waals surface area contributed by atoms with Gasteiger partial charge in [-0.15, -0.1) is 0 Å². The van der Waals surface area contributed by atoms with Crippen molar-refractivity contribution in [1.29, 1.82) is 0 Å². The summed E-state index contributed by atoms with van der Waals surface area (Å²) < 4.78 is 0. The predicted octanol–water partition coefficient (Wildman–Crippen LogP) is 8.88. The maximum Gasteiger partial charge on any atom is 0.101 e. The molecule has 6 aromatic rings. The molecule has 0 N–H and O–H groups in total. The summed E-state index contributed by atoms with van der Waals surface area (Å²) in [6.45, 7) is 0. The zero-order valence-corrected chi connectivity index (χ0v) is 27.6. The van der Waals surface area contributed by atoms with Gasteiger partial charge >= 0.3 is 0 Å². The molecule has 0 heterocycles. The van der Waals surface area contributed by atoms with Crippen LogP contribution in [0.15, 0.2) is 192 Å². The lowest BCUT2D eigenvalue weighted by atomic mass is 9.94. The fraction of sp³-hybridized carbons (Fsp3) is 0.0952. The molecule has 0 aliphatic heterocycles. The summed E-state index contributed by atoms with van der Waals surface area (Å²) in [4.78, 5) is 10.7. The average molecular weight is 633 g/mol. The van der Waals surface area contributed by atoms with Crippen molar-refractivity contribution in [2.75, 3.05) is 12.3 Å². The number of hydrogen-bond donors (Lipinski definition) is 0. The minimum absolute atomic E-state index is 0.150. The molecule has 6 rings (SSSR count). The lowest BCUT2D eigenvalue weighted by molar-refractivity contribution is 0.583. The van der Waals surface area contributed by atoms with Crippen LogP contribution in [0, 0.1) is 0 Å². The fourth-order valence-corrected chi connectivity index (χ4v) is 9.72. The molecule has 46 heavy (non-hydrogen) atoms. The third-order valence-corrected chi connectivity index (χ3v) is 12.7. The minimum atomic E-state index is -0.580. The second-order valence-corrected chi connectivity index (χ2v) is 15.4. The Morgan fingerprint density at radius 1 is 0.348 bits per heavy atom. The molecule has 4 heteroatoms. The summed E-state index contributed by atoms with van der Waals surface area (Å²) in [5, 5.41) is 5.44. The monoisotopic (exact) mass is 632 g/mol. The van der Waals surface area contributed by atoms with E-state index in [4.69, 9.17) is 9.98 Å². The Labute approximate surface area is 276 Å². The highest BCUT2D eigenvalue weighted by molar-refractivity contribution is 7.74. The molecule has 2 atom stereocenters. The van der Waals surface area contributed by atoms with Crippen LogP contribution < -0.4 is 21.2 Å². The van der Waals surface area contributed by atoms with Crippen LogP contribution in [0.5, 0.6) is 0 Å². The van der Waals surface area contributed by atoms with E-state index in [1.165, 1.54) is 32.3 Å². The Hall–Kier alpha value is -4.48. The van der Waals surface area contributed by atoms with Gasteiger partial charge in [0.25, 0.3) is 0 Å². The maximum atomic E-state index is 5.36. The van der Waals surface area contributed by atoms with Gasteiger partial charge in [-0.05, 0) is 48.2 Å². The van der Waals surface area contributed by atoms with E-state index in [0.717, 1.165) is 12.3 Å². The van der Waals surface area contributed by atoms with Crippen molar-refractivity contribution in [1.82, 2.24) is 0 Å². The molecule has 0 aliphatic rings. The van der Waals surface area contributed by atoms with Gasteiger partial charge in [-0.25, -0.2) is 0 Å². The zero-order valence-electron chi connectivity index (χ0n) is 25.8. The Bertz CT molecular complexity index is 1560. The summed E-state index contributed by atoms with van der Waals surface area (Å²) in [5.41, 5.74) is 2.34. The van der Waals surface area contributed by atoms with Crippen molar-refractivity contribution in [3.8, 4) is 0 Å². The van der Waals surface area contributed by atoms with E-state index in [2.05, 4.69) is 194 Å². The standard InChI is InChI=1S/C42H38N2P2/c1-7-19-35(20-8-1)41(43-31-33-45(37-23-11-3-12-24-37)38-25-13-4-14-26-38)42(36-21-9-2-10-22-36)44-32-34-46(39-27-15-5-16-28-39)40-29-17-6-18-30-40/h1-32,41-42H,33-34H2/b43-31+,44-32+/t41-,42-/m0/s1. The molecule has 0 unspecified atom stereocenters. The Morgan fingerprint density at radius 3 is 0.848 bits per heavy atom. The maximum absolute atomic E-state index is 5.36. The normalized spacial score (nSPS) is 13.0. The molecule has 0 radical (unpaired) electrons. The lowest BCUT2D eigenvalue weighted by Crippen LogP contribution is -2.16. The van der Waals surface area contributed by atoms with Gasteiger partial charge in [0.2, 0.25) is 0 Å². The Morgan fingerprint density at radius 2 is 0.587 bits per heavy atom. The van der Waals surface area contributed by atoms with Crippen LogP contribution >= 0.6 is 15.8 Å². The van der Waals surface area contributed by atoms with Gasteiger partial charge in [0.05, 0.1) is 0 Å². The van der Waals surface area contributed by atoms with Crippen LogP contribution in [0.4, 0.5) is 0 Å². The van der Waals surface area contributed by atoms with E-state index in [0.29, 0.717) is 0 Å². The molecule has 2 nitrogen and oxygen atoms in total. The average Bonchev–Trinajstić information content (AvgIpc) is 3.14. The van der Waals surface area contributed by atoms with Gasteiger partial charge in [0.15, 0.2) is 0 Å². The predicted molar refractivity (Wildman–Crippen MR) is 203 cm³/mol. The highest BCUT2D eigenvalue weighted by atomic mass is 31.1. The summed E-state index contributed by atoms with van der Waals surface area (Å²) in [6.07, 6.45) is 6.06. The van der Waals surface area contributed by atoms with Crippen molar-refractivity contribution in [3.05, 3.63) is 193 Å². The topological polar surface area (TPSA) is 24.7 Å². The molecular formula is C42H38N2P2. The molecule has 0 aromatic heterocycles. The Kier molecular flexibility index (Phi) is 11.5. The largest absolute Gasteiger partial charge is 0.286 e. The van der Waals surface area contributed by atoms with E-state index in [1.54, 1.807) is 0 Å². The molecule has 226 valence electrons. The van der Waals surface area contributed by atoms with Crippen LogP contribution in [0.3, 0.4) is 0 Å². The summed E-state index contributed by atoms with van der Waals surface area (Å²) in [5.74, 6) is 0. The fourth-order valence-electron chi connectivity index (χ4n) is 5.64. The first-order valence-electron chi connectivity index (χ1n) is 15.8. The number of aliphatic imine (C=N–C) groups is 2. The highest BCUT2D eigenvalue weighted by Gasteiger charge is 2.24. The first kappa shape index (κ1) is 31.5. The Balaban J connectivity index is 1.34. The molecular weight excluding hydrogens is 594 g/mol. The first-order valence-corrected chi connectivity index (χ1v) is 18.8. The molecule has 0 amide bonds. The SMILES string of the molecule is C(/CP(c1ccccc1)c1ccccc1)=N\[C@@H](c1ccccc1)[C@@H](/N=C/CP(c1ccccc1)c1ccccc1)c1ccccc1. The first-order chi connectivity index (χ1) is 22.9. The van der Waals surface area contributed by atoms with Gasteiger partial charge < -0.3 is 0 Å². The van der Waals surface area contributed by atoms with E-state index in [-0.39, 0.29) is 12.1 Å². The molecule has 0 spiro atoms. The van der Waals surface area contributed by atoms with Crippen molar-refractivity contribution in [3.63, 3.8) is 0 Å². The van der Waals surface area contributed by atoms with Gasteiger partial charge in [0.1, 0.15) is 12.1 Å². The minimum Gasteiger partial charge on any atom is -0.286 e. The molecule has 0 aliphatic carbocycles. The van der Waals surface area contributed by atoms with Gasteiger partial charge in [-0.1, -0.05) is 182 Å². The molecule has 0 fully saturated rings. The second kappa shape index (κ2) is 16.7. The third kappa shape index (κ3) is 8.41. The van der Waals surface area contributed by atoms with E-state index in [1.807, 2.05) is 0 Å². The number of benzene rings is 6. The van der Waals surface area contributed by atoms with E-state index >= 15 is 0 Å². The summed E-state index contributed by atoms with van der Waals surface area (Å²) in [6, 6.07) is 64.4. The number of hydrogen-bond acceptors (Lipinski definition) is 2. The van der Waals surface area contributed by atoms with Gasteiger partial charge in [0, 0.05) is 24.8 Å². The van der Waals surface area contributed by atoms with Crippen LogP contribution in [-0.2, 0) is 0 Å². The van der Waals surface area contributed by atoms with E-state index < -0.39 is 15.8 Å². The smallest absolute Gasteiger partial charge is 0.101 e. The van der Waals surface area contributed by atoms with Crippen LogP contribution in [0.2, 0.25) is 0 Å². The summed E-state index contributed by atoms with van der Waals surface area (Å²) >= 11 is 0. The quantitative estimate of drug-likeness (QED) is 0.0898. The van der Waals surface area contributed by atoms with Crippen LogP contribution in [0.25, 0.3) is 0 Å². The second-order valence-electron chi connectivity index (χ2n) is 10.9. The van der Waals surface area contributed by atoms with Gasteiger partial charge in [-0.2, -0.15) is 0 Å². The summed E-state index contributed by atoms with van der Waals surface area (Å²) in [7, 11) is -1.16. The lowest BCUT2D eigenvalue weighted by Gasteiger charge is -2.23. The number of rotatable bonds is 13. The van der Waals surface area contributed by atoms with Crippen LogP contribution in [-0.4, -0.2) is 24.8 Å². The van der Waals surface area contributed by atoms with Gasteiger partial charge in [-0.3, -0.25) is 9.98 Å². The van der Waals surface area contributed by atoms with Crippen molar-refractivity contribution >= 4 is 49.5 Å². The van der Waals surface area contributed by atoms with E-state index in [9.17, 15) is 0 Å². The van der Waals surface area contributed by atoms with Crippen molar-refractivity contribution in [2.45, 2.75) is 12.1 Å². The molecule has 6 aromatic carbocycles. The highest BCUT2D eigenvalue weighted by Crippen LogP contribution is 2.38. The van der Waals surface area contributed by atoms with Crippen molar-refractivity contribution < 1.29 is 0 Å². The molecule has 0 saturated heterocycles.